The first-order valence-corrected chi connectivity index (χ1v) is 17.3. The topological polar surface area (TPSA) is 36.9 Å². The third-order valence-corrected chi connectivity index (χ3v) is 9.97. The number of ether oxygens (including phenoxy) is 4. The highest BCUT2D eigenvalue weighted by molar-refractivity contribution is 5.43. The van der Waals surface area contributed by atoms with Crippen LogP contribution in [0.1, 0.15) is 72.2 Å². The predicted octanol–water partition coefficient (Wildman–Crippen LogP) is 11.0. The molecule has 0 atom stereocenters. The zero-order valence-corrected chi connectivity index (χ0v) is 29.3. The lowest BCUT2D eigenvalue weighted by Crippen LogP contribution is -2.18. The molecule has 10 heterocycles. The van der Waals surface area contributed by atoms with E-state index in [1.807, 2.05) is 0 Å². The van der Waals surface area contributed by atoms with Crippen molar-refractivity contribution in [2.24, 2.45) is 0 Å². The van der Waals surface area contributed by atoms with E-state index in [1.54, 1.807) is 0 Å². The van der Waals surface area contributed by atoms with Gasteiger partial charge in [-0.3, -0.25) is 0 Å². The molecule has 4 nitrogen and oxygen atoms in total. The minimum atomic E-state index is -0.176. The Morgan fingerprint density at radius 1 is 0.280 bits per heavy atom. The predicted molar refractivity (Wildman–Crippen MR) is 200 cm³/mol. The summed E-state index contributed by atoms with van der Waals surface area (Å²) in [6.45, 7) is 11.0. The van der Waals surface area contributed by atoms with Crippen LogP contribution in [0.25, 0.3) is 0 Å². The third kappa shape index (κ3) is 7.55. The van der Waals surface area contributed by atoms with Gasteiger partial charge in [0, 0.05) is 10.8 Å². The minimum absolute atomic E-state index is 0.176. The first kappa shape index (κ1) is 33.0. The standard InChI is InChI=1S/C46H44O4/c1-45(2)37-13-21-41(22-14-37)47-29-33-5-9-35(10-6-33)31-49-43-25-17-39(18-26-43)46(3,4)40-19-27-44(28-20-40)50-32-36-11-7-34(8-12-36)30-48-42-23-15-38(45)16-24-42/h5-28H,29-32H2,1-4H3. The van der Waals surface area contributed by atoms with Crippen LogP contribution in [0, 0.1) is 0 Å². The second-order valence-electron chi connectivity index (χ2n) is 14.1. The molecule has 4 heteroatoms. The summed E-state index contributed by atoms with van der Waals surface area (Å²) in [5.74, 6) is 3.40. The van der Waals surface area contributed by atoms with Gasteiger partial charge in [-0.2, -0.15) is 0 Å². The third-order valence-electron chi connectivity index (χ3n) is 9.97. The molecule has 0 unspecified atom stereocenters. The van der Waals surface area contributed by atoms with Crippen molar-refractivity contribution in [1.29, 1.82) is 0 Å². The van der Waals surface area contributed by atoms with Crippen LogP contribution >= 0.6 is 0 Å². The van der Waals surface area contributed by atoms with Crippen molar-refractivity contribution >= 4 is 0 Å². The summed E-state index contributed by atoms with van der Waals surface area (Å²) >= 11 is 0. The van der Waals surface area contributed by atoms with Crippen molar-refractivity contribution < 1.29 is 18.9 Å². The molecule has 0 aromatic heterocycles. The van der Waals surface area contributed by atoms with Crippen LogP contribution in [0.15, 0.2) is 146 Å². The summed E-state index contributed by atoms with van der Waals surface area (Å²) in [7, 11) is 0. The Balaban J connectivity index is 1.10. The van der Waals surface area contributed by atoms with Crippen molar-refractivity contribution in [3.63, 3.8) is 0 Å². The van der Waals surface area contributed by atoms with Gasteiger partial charge in [0.05, 0.1) is 0 Å². The molecule has 50 heavy (non-hydrogen) atoms. The molecule has 0 saturated carbocycles. The quantitative estimate of drug-likeness (QED) is 0.162. The summed E-state index contributed by atoms with van der Waals surface area (Å²) in [6, 6.07) is 50.5. The molecule has 10 aliphatic rings. The van der Waals surface area contributed by atoms with Gasteiger partial charge in [-0.25, -0.2) is 0 Å². The van der Waals surface area contributed by atoms with Crippen LogP contribution in [0.2, 0.25) is 0 Å². The van der Waals surface area contributed by atoms with Crippen molar-refractivity contribution in [3.8, 4) is 23.0 Å². The average Bonchev–Trinajstić information content (AvgIpc) is 3.16. The molecule has 12 bridgehead atoms. The molecule has 6 aromatic carbocycles. The summed E-state index contributed by atoms with van der Waals surface area (Å²) in [5, 5.41) is 0. The van der Waals surface area contributed by atoms with E-state index in [1.165, 1.54) is 22.3 Å². The Hall–Kier alpha value is -5.48. The van der Waals surface area contributed by atoms with Crippen molar-refractivity contribution in [1.82, 2.24) is 0 Å². The van der Waals surface area contributed by atoms with Crippen LogP contribution in [-0.2, 0) is 37.3 Å². The zero-order chi connectivity index (χ0) is 34.6. The highest BCUT2D eigenvalue weighted by Gasteiger charge is 2.24. The molecule has 0 aliphatic carbocycles. The van der Waals surface area contributed by atoms with Gasteiger partial charge in [0.2, 0.25) is 0 Å². The maximum absolute atomic E-state index is 6.15. The molecule has 16 rings (SSSR count). The van der Waals surface area contributed by atoms with E-state index in [4.69, 9.17) is 18.9 Å². The second-order valence-corrected chi connectivity index (χ2v) is 14.1. The fourth-order valence-corrected chi connectivity index (χ4v) is 6.33. The van der Waals surface area contributed by atoms with E-state index in [9.17, 15) is 0 Å². The number of hydrogen-bond donors (Lipinski definition) is 0. The SMILES string of the molecule is CC1(C)c2ccc(cc2)OCc2ccc(cc2)COc2ccc(cc2)C(C)(C)c2ccc(cc2)OCc2ccc(cc2)COc2ccc1cc2. The molecule has 0 saturated heterocycles. The van der Waals surface area contributed by atoms with Gasteiger partial charge >= 0.3 is 0 Å². The Morgan fingerprint density at radius 2 is 0.460 bits per heavy atom. The van der Waals surface area contributed by atoms with Crippen molar-refractivity contribution in [3.05, 3.63) is 190 Å². The van der Waals surface area contributed by atoms with Gasteiger partial charge in [0.15, 0.2) is 0 Å². The lowest BCUT2D eigenvalue weighted by Gasteiger charge is -2.26. The van der Waals surface area contributed by atoms with Gasteiger partial charge in [-0.15, -0.1) is 0 Å². The Morgan fingerprint density at radius 3 is 0.640 bits per heavy atom. The van der Waals surface area contributed by atoms with E-state index < -0.39 is 0 Å². The van der Waals surface area contributed by atoms with E-state index in [0.717, 1.165) is 45.3 Å². The van der Waals surface area contributed by atoms with Crippen LogP contribution in [0.3, 0.4) is 0 Å². The normalized spacial score (nSPS) is 15.4. The smallest absolute Gasteiger partial charge is 0.119 e. The van der Waals surface area contributed by atoms with E-state index in [2.05, 4.69) is 173 Å². The summed E-state index contributed by atoms with van der Waals surface area (Å²) in [5.41, 5.74) is 8.98. The highest BCUT2D eigenvalue weighted by Crippen LogP contribution is 2.35. The van der Waals surface area contributed by atoms with Crippen LogP contribution in [0.4, 0.5) is 0 Å². The molecule has 0 N–H and O–H groups in total. The molecule has 10 aliphatic heterocycles. The largest absolute Gasteiger partial charge is 0.489 e. The average molecular weight is 661 g/mol. The number of hydrogen-bond acceptors (Lipinski definition) is 4. The van der Waals surface area contributed by atoms with Crippen LogP contribution in [0.5, 0.6) is 23.0 Å². The van der Waals surface area contributed by atoms with Crippen LogP contribution < -0.4 is 18.9 Å². The Kier molecular flexibility index (Phi) is 9.36. The number of benzene rings is 6. The van der Waals surface area contributed by atoms with Crippen molar-refractivity contribution in [2.75, 3.05) is 0 Å². The Labute approximate surface area is 296 Å². The van der Waals surface area contributed by atoms with E-state index >= 15 is 0 Å². The molecule has 6 aromatic rings. The molecule has 0 fully saturated rings. The maximum atomic E-state index is 6.15. The summed E-state index contributed by atoms with van der Waals surface area (Å²) in [6.07, 6.45) is 0. The molecular weight excluding hydrogens is 617 g/mol. The van der Waals surface area contributed by atoms with E-state index in [0.29, 0.717) is 26.4 Å². The fourth-order valence-electron chi connectivity index (χ4n) is 6.33. The molecule has 252 valence electrons. The monoisotopic (exact) mass is 660 g/mol. The number of rotatable bonds is 0. The van der Waals surface area contributed by atoms with E-state index in [-0.39, 0.29) is 10.8 Å². The molecular formula is C46H44O4. The maximum Gasteiger partial charge on any atom is 0.119 e. The van der Waals surface area contributed by atoms with Crippen LogP contribution in [-0.4, -0.2) is 0 Å². The lowest BCUT2D eigenvalue weighted by atomic mass is 9.78. The first-order chi connectivity index (χ1) is 24.2. The summed E-state index contributed by atoms with van der Waals surface area (Å²) < 4.78 is 24.6. The molecule has 0 spiro atoms. The van der Waals surface area contributed by atoms with Gasteiger partial charge in [-0.05, 0) is 93.0 Å². The van der Waals surface area contributed by atoms with Crippen molar-refractivity contribution in [2.45, 2.75) is 65.0 Å². The summed E-state index contributed by atoms with van der Waals surface area (Å²) in [4.78, 5) is 0. The minimum Gasteiger partial charge on any atom is -0.489 e. The zero-order valence-electron chi connectivity index (χ0n) is 29.3. The first-order valence-electron chi connectivity index (χ1n) is 17.3. The van der Waals surface area contributed by atoms with Gasteiger partial charge in [0.1, 0.15) is 49.4 Å². The molecule has 0 amide bonds. The second kappa shape index (κ2) is 14.2. The molecule has 0 radical (unpaired) electrons. The lowest BCUT2D eigenvalue weighted by molar-refractivity contribution is 0.302. The van der Waals surface area contributed by atoms with Gasteiger partial charge < -0.3 is 18.9 Å². The fraction of sp³-hybridized carbons (Fsp3) is 0.217. The van der Waals surface area contributed by atoms with Gasteiger partial charge in [0.25, 0.3) is 0 Å². The van der Waals surface area contributed by atoms with Gasteiger partial charge in [-0.1, -0.05) is 125 Å². The highest BCUT2D eigenvalue weighted by atomic mass is 16.5. The Bertz CT molecular complexity index is 1690.